The van der Waals surface area contributed by atoms with Crippen LogP contribution in [0.2, 0.25) is 0 Å². The largest absolute Gasteiger partial charge is 0.371 e. The molecule has 0 bridgehead atoms. The highest BCUT2D eigenvalue weighted by Gasteiger charge is 2.04. The van der Waals surface area contributed by atoms with Crippen LogP contribution in [0.4, 0.5) is 5.69 Å². The Morgan fingerprint density at radius 1 is 1.08 bits per heavy atom. The van der Waals surface area contributed by atoms with Crippen LogP contribution < -0.4 is 9.47 Å². The van der Waals surface area contributed by atoms with E-state index in [4.69, 9.17) is 0 Å². The highest BCUT2D eigenvalue weighted by molar-refractivity contribution is 8.13. The van der Waals surface area contributed by atoms with Crippen LogP contribution >= 0.6 is 11.8 Å². The van der Waals surface area contributed by atoms with Gasteiger partial charge in [-0.1, -0.05) is 36.0 Å². The SMILES string of the molecule is CCN(CCSC(C)=O)c1ccc(/C=C/c2cc[n+](C)cc2)cc1. The number of aryl methyl sites for hydroxylation is 1. The first-order chi connectivity index (χ1) is 11.6. The molecular weight excluding hydrogens is 316 g/mol. The summed E-state index contributed by atoms with van der Waals surface area (Å²) < 4.78 is 2.02. The molecule has 0 aliphatic heterocycles. The van der Waals surface area contributed by atoms with Crippen molar-refractivity contribution in [1.29, 1.82) is 0 Å². The van der Waals surface area contributed by atoms with E-state index in [0.29, 0.717) is 0 Å². The lowest BCUT2D eigenvalue weighted by Gasteiger charge is -2.22. The third-order valence-electron chi connectivity index (χ3n) is 3.78. The minimum atomic E-state index is 0.182. The average Bonchev–Trinajstić information content (AvgIpc) is 2.59. The second-order valence-corrected chi connectivity index (χ2v) is 6.91. The van der Waals surface area contributed by atoms with Crippen LogP contribution in [0.25, 0.3) is 12.2 Å². The monoisotopic (exact) mass is 341 g/mol. The Bertz CT molecular complexity index is 678. The van der Waals surface area contributed by atoms with Gasteiger partial charge in [-0.25, -0.2) is 4.57 Å². The Morgan fingerprint density at radius 2 is 1.67 bits per heavy atom. The first-order valence-electron chi connectivity index (χ1n) is 8.20. The van der Waals surface area contributed by atoms with E-state index >= 15 is 0 Å². The zero-order valence-corrected chi connectivity index (χ0v) is 15.4. The molecule has 0 unspecified atom stereocenters. The molecule has 1 aromatic heterocycles. The molecule has 2 rings (SSSR count). The van der Waals surface area contributed by atoms with Gasteiger partial charge in [-0.05, 0) is 30.2 Å². The van der Waals surface area contributed by atoms with Crippen molar-refractivity contribution in [1.82, 2.24) is 0 Å². The highest BCUT2D eigenvalue weighted by Crippen LogP contribution is 2.17. The quantitative estimate of drug-likeness (QED) is 0.716. The molecule has 0 aliphatic carbocycles. The zero-order chi connectivity index (χ0) is 17.4. The van der Waals surface area contributed by atoms with Crippen molar-refractivity contribution in [2.24, 2.45) is 7.05 Å². The number of nitrogens with zero attached hydrogens (tertiary/aromatic N) is 2. The Balaban J connectivity index is 1.98. The molecule has 126 valence electrons. The van der Waals surface area contributed by atoms with Crippen LogP contribution in [0.5, 0.6) is 0 Å². The summed E-state index contributed by atoms with van der Waals surface area (Å²) in [6, 6.07) is 12.7. The third kappa shape index (κ3) is 5.85. The molecule has 0 spiro atoms. The molecule has 24 heavy (non-hydrogen) atoms. The molecule has 0 radical (unpaired) electrons. The van der Waals surface area contributed by atoms with Gasteiger partial charge in [0.05, 0.1) is 0 Å². The van der Waals surface area contributed by atoms with Crippen molar-refractivity contribution < 1.29 is 9.36 Å². The number of carbonyl (C=O) groups is 1. The van der Waals surface area contributed by atoms with Crippen LogP contribution in [0.1, 0.15) is 25.0 Å². The summed E-state index contributed by atoms with van der Waals surface area (Å²) in [6.07, 6.45) is 8.33. The topological polar surface area (TPSA) is 24.2 Å². The maximum Gasteiger partial charge on any atom is 0.185 e. The number of thioether (sulfide) groups is 1. The van der Waals surface area contributed by atoms with Gasteiger partial charge in [0.1, 0.15) is 7.05 Å². The number of aromatic nitrogens is 1. The van der Waals surface area contributed by atoms with Crippen molar-refractivity contribution >= 4 is 34.7 Å². The molecule has 4 heteroatoms. The van der Waals surface area contributed by atoms with E-state index in [1.54, 1.807) is 6.92 Å². The molecule has 3 nitrogen and oxygen atoms in total. The van der Waals surface area contributed by atoms with E-state index in [-0.39, 0.29) is 5.12 Å². The lowest BCUT2D eigenvalue weighted by molar-refractivity contribution is -0.671. The Labute approximate surface area is 149 Å². The zero-order valence-electron chi connectivity index (χ0n) is 14.6. The molecule has 0 N–H and O–H groups in total. The number of hydrogen-bond donors (Lipinski definition) is 0. The predicted molar refractivity (Wildman–Crippen MR) is 104 cm³/mol. The molecule has 1 aromatic carbocycles. The Kier molecular flexibility index (Phi) is 7.07. The van der Waals surface area contributed by atoms with Crippen molar-refractivity contribution in [3.05, 3.63) is 59.9 Å². The lowest BCUT2D eigenvalue weighted by atomic mass is 10.1. The Morgan fingerprint density at radius 3 is 2.21 bits per heavy atom. The number of pyridine rings is 1. The lowest BCUT2D eigenvalue weighted by Crippen LogP contribution is -2.25. The predicted octanol–water partition coefficient (Wildman–Crippen LogP) is 3.79. The van der Waals surface area contributed by atoms with Gasteiger partial charge in [-0.3, -0.25) is 4.79 Å². The molecule has 0 aliphatic rings. The van der Waals surface area contributed by atoms with Crippen LogP contribution in [0.15, 0.2) is 48.8 Å². The smallest absolute Gasteiger partial charge is 0.185 e. The number of carbonyl (C=O) groups excluding carboxylic acids is 1. The molecule has 0 amide bonds. The van der Waals surface area contributed by atoms with E-state index in [9.17, 15) is 4.79 Å². The van der Waals surface area contributed by atoms with Gasteiger partial charge in [0.15, 0.2) is 17.5 Å². The van der Waals surface area contributed by atoms with Crippen LogP contribution in [-0.2, 0) is 11.8 Å². The summed E-state index contributed by atoms with van der Waals surface area (Å²) in [5, 5.41) is 0.182. The summed E-state index contributed by atoms with van der Waals surface area (Å²) >= 11 is 1.39. The van der Waals surface area contributed by atoms with Gasteiger partial charge in [-0.2, -0.15) is 0 Å². The van der Waals surface area contributed by atoms with Crippen molar-refractivity contribution in [2.75, 3.05) is 23.7 Å². The van der Waals surface area contributed by atoms with E-state index in [2.05, 4.69) is 60.4 Å². The van der Waals surface area contributed by atoms with E-state index in [1.165, 1.54) is 28.6 Å². The van der Waals surface area contributed by atoms with E-state index in [0.717, 1.165) is 18.8 Å². The summed E-state index contributed by atoms with van der Waals surface area (Å²) in [5.74, 6) is 0.830. The van der Waals surface area contributed by atoms with E-state index < -0.39 is 0 Å². The summed E-state index contributed by atoms with van der Waals surface area (Å²) in [5.41, 5.74) is 3.57. The summed E-state index contributed by atoms with van der Waals surface area (Å²) in [4.78, 5) is 13.3. The second kappa shape index (κ2) is 9.28. The first-order valence-corrected chi connectivity index (χ1v) is 9.19. The first kappa shape index (κ1) is 18.3. The van der Waals surface area contributed by atoms with Gasteiger partial charge in [0, 0.05) is 43.6 Å². The minimum absolute atomic E-state index is 0.182. The van der Waals surface area contributed by atoms with Gasteiger partial charge in [-0.15, -0.1) is 0 Å². The fourth-order valence-electron chi connectivity index (χ4n) is 2.38. The normalized spacial score (nSPS) is 11.0. The molecule has 1 heterocycles. The average molecular weight is 342 g/mol. The van der Waals surface area contributed by atoms with Gasteiger partial charge in [0.25, 0.3) is 0 Å². The van der Waals surface area contributed by atoms with Gasteiger partial charge in [0.2, 0.25) is 0 Å². The second-order valence-electron chi connectivity index (χ2n) is 5.64. The number of benzene rings is 1. The maximum absolute atomic E-state index is 11.0. The molecule has 0 saturated carbocycles. The number of anilines is 1. The van der Waals surface area contributed by atoms with E-state index in [1.807, 2.05) is 24.0 Å². The molecule has 0 saturated heterocycles. The molecule has 0 atom stereocenters. The number of rotatable bonds is 7. The Hall–Kier alpha value is -2.07. The van der Waals surface area contributed by atoms with Gasteiger partial charge < -0.3 is 4.90 Å². The van der Waals surface area contributed by atoms with Crippen molar-refractivity contribution in [3.63, 3.8) is 0 Å². The fourth-order valence-corrected chi connectivity index (χ4v) is 2.98. The third-order valence-corrected chi connectivity index (χ3v) is 4.57. The summed E-state index contributed by atoms with van der Waals surface area (Å²) in [7, 11) is 2.01. The maximum atomic E-state index is 11.0. The minimum Gasteiger partial charge on any atom is -0.371 e. The van der Waals surface area contributed by atoms with Gasteiger partial charge >= 0.3 is 0 Å². The van der Waals surface area contributed by atoms with Crippen LogP contribution in [0, 0.1) is 0 Å². The molecule has 2 aromatic rings. The van der Waals surface area contributed by atoms with Crippen LogP contribution in [-0.4, -0.2) is 24.0 Å². The van der Waals surface area contributed by atoms with Crippen molar-refractivity contribution in [2.45, 2.75) is 13.8 Å². The number of hydrogen-bond acceptors (Lipinski definition) is 3. The molecule has 0 fully saturated rings. The fraction of sp³-hybridized carbons (Fsp3) is 0.300. The molecular formula is C20H25N2OS+. The van der Waals surface area contributed by atoms with Crippen LogP contribution in [0.3, 0.4) is 0 Å². The van der Waals surface area contributed by atoms with Crippen molar-refractivity contribution in [3.8, 4) is 0 Å². The highest BCUT2D eigenvalue weighted by atomic mass is 32.2. The standard InChI is InChI=1S/C20H25N2OS/c1-4-22(15-16-24-17(2)23)20-9-7-18(8-10-20)5-6-19-11-13-21(3)14-12-19/h5-14H,4,15-16H2,1-3H3/q+1. The summed E-state index contributed by atoms with van der Waals surface area (Å²) in [6.45, 7) is 5.59.